The first-order valence-electron chi connectivity index (χ1n) is 4.12. The molecule has 0 bridgehead atoms. The number of carbonyl (C=O) groups excluding carboxylic acids is 1. The molecule has 0 aliphatic carbocycles. The summed E-state index contributed by atoms with van der Waals surface area (Å²) in [6.45, 7) is 1.99. The van der Waals surface area contributed by atoms with Gasteiger partial charge in [-0.15, -0.1) is 0 Å². The van der Waals surface area contributed by atoms with Crippen molar-refractivity contribution in [3.63, 3.8) is 0 Å². The van der Waals surface area contributed by atoms with E-state index in [9.17, 15) is 9.59 Å². The molecule has 0 aliphatic rings. The van der Waals surface area contributed by atoms with Gasteiger partial charge in [-0.1, -0.05) is 0 Å². The zero-order chi connectivity index (χ0) is 10.6. The highest BCUT2D eigenvalue weighted by molar-refractivity contribution is 5.72. The first kappa shape index (κ1) is 10.2. The largest absolute Gasteiger partial charge is 0.466 e. The summed E-state index contributed by atoms with van der Waals surface area (Å²) in [5.41, 5.74) is 5.07. The number of anilines is 1. The number of ether oxygens (including phenoxy) is 1. The highest BCUT2D eigenvalue weighted by atomic mass is 16.5. The van der Waals surface area contributed by atoms with Crippen molar-refractivity contribution in [1.82, 2.24) is 9.97 Å². The van der Waals surface area contributed by atoms with E-state index in [2.05, 4.69) is 14.7 Å². The summed E-state index contributed by atoms with van der Waals surface area (Å²) in [7, 11) is 0. The van der Waals surface area contributed by atoms with Crippen LogP contribution in [0.25, 0.3) is 0 Å². The van der Waals surface area contributed by atoms with Gasteiger partial charge in [-0.3, -0.25) is 14.6 Å². The van der Waals surface area contributed by atoms with Crippen LogP contribution >= 0.6 is 0 Å². The van der Waals surface area contributed by atoms with Crippen LogP contribution in [0.4, 0.5) is 5.95 Å². The molecule has 1 heterocycles. The molecular formula is C8H11N3O3. The molecule has 1 aromatic heterocycles. The summed E-state index contributed by atoms with van der Waals surface area (Å²) < 4.78 is 4.68. The monoisotopic (exact) mass is 197 g/mol. The molecule has 14 heavy (non-hydrogen) atoms. The van der Waals surface area contributed by atoms with Crippen molar-refractivity contribution >= 4 is 11.9 Å². The van der Waals surface area contributed by atoms with Gasteiger partial charge in [0.05, 0.1) is 13.0 Å². The first-order chi connectivity index (χ1) is 6.63. The van der Waals surface area contributed by atoms with E-state index >= 15 is 0 Å². The second-order valence-electron chi connectivity index (χ2n) is 2.60. The van der Waals surface area contributed by atoms with Gasteiger partial charge in [0.1, 0.15) is 0 Å². The van der Waals surface area contributed by atoms with Crippen LogP contribution in [0.2, 0.25) is 0 Å². The molecule has 0 saturated heterocycles. The maximum Gasteiger partial charge on any atom is 0.310 e. The standard InChI is InChI=1S/C8H11N3O3/c1-2-14-6(12)3-5-4-10-8(9)11-7(5)13/h4H,2-3H2,1H3,(H3,9,10,11,13). The zero-order valence-corrected chi connectivity index (χ0v) is 7.74. The normalized spacial score (nSPS) is 9.79. The lowest BCUT2D eigenvalue weighted by Crippen LogP contribution is -2.19. The molecule has 6 heteroatoms. The SMILES string of the molecule is CCOC(=O)Cc1cnc(N)[nH]c1=O. The van der Waals surface area contributed by atoms with Gasteiger partial charge < -0.3 is 10.5 Å². The molecule has 0 saturated carbocycles. The molecule has 6 nitrogen and oxygen atoms in total. The number of hydrogen-bond donors (Lipinski definition) is 2. The molecule has 0 radical (unpaired) electrons. The summed E-state index contributed by atoms with van der Waals surface area (Å²) >= 11 is 0. The van der Waals surface area contributed by atoms with Crippen molar-refractivity contribution in [3.8, 4) is 0 Å². The van der Waals surface area contributed by atoms with Crippen LogP contribution in [0.5, 0.6) is 0 Å². The van der Waals surface area contributed by atoms with Gasteiger partial charge in [0.2, 0.25) is 0 Å². The van der Waals surface area contributed by atoms with E-state index in [0.717, 1.165) is 0 Å². The maximum absolute atomic E-state index is 11.2. The van der Waals surface area contributed by atoms with Gasteiger partial charge >= 0.3 is 5.97 Å². The fraction of sp³-hybridized carbons (Fsp3) is 0.375. The van der Waals surface area contributed by atoms with Crippen molar-refractivity contribution < 1.29 is 9.53 Å². The Morgan fingerprint density at radius 1 is 1.71 bits per heavy atom. The minimum atomic E-state index is -0.454. The third-order valence-corrected chi connectivity index (χ3v) is 1.53. The smallest absolute Gasteiger partial charge is 0.310 e. The Morgan fingerprint density at radius 2 is 2.43 bits per heavy atom. The third kappa shape index (κ3) is 2.58. The lowest BCUT2D eigenvalue weighted by Gasteiger charge is -2.00. The van der Waals surface area contributed by atoms with Crippen LogP contribution < -0.4 is 11.3 Å². The molecule has 76 valence electrons. The van der Waals surface area contributed by atoms with Crippen LogP contribution in [0, 0.1) is 0 Å². The molecule has 0 fully saturated rings. The molecular weight excluding hydrogens is 186 g/mol. The van der Waals surface area contributed by atoms with E-state index in [0.29, 0.717) is 6.61 Å². The van der Waals surface area contributed by atoms with Crippen LogP contribution in [0.15, 0.2) is 11.0 Å². The molecule has 0 atom stereocenters. The Bertz CT molecular complexity index is 386. The Hall–Kier alpha value is -1.85. The van der Waals surface area contributed by atoms with Crippen molar-refractivity contribution in [3.05, 3.63) is 22.1 Å². The summed E-state index contributed by atoms with van der Waals surface area (Å²) in [5.74, 6) is -0.424. The average molecular weight is 197 g/mol. The molecule has 0 amide bonds. The van der Waals surface area contributed by atoms with Crippen molar-refractivity contribution in [2.24, 2.45) is 0 Å². The average Bonchev–Trinajstić information content (AvgIpc) is 2.10. The van der Waals surface area contributed by atoms with Crippen molar-refractivity contribution in [2.75, 3.05) is 12.3 Å². The van der Waals surface area contributed by atoms with E-state index in [1.165, 1.54) is 6.20 Å². The minimum Gasteiger partial charge on any atom is -0.466 e. The van der Waals surface area contributed by atoms with E-state index in [1.54, 1.807) is 6.92 Å². The van der Waals surface area contributed by atoms with E-state index in [1.807, 2.05) is 0 Å². The Balaban J connectivity index is 2.77. The second-order valence-corrected chi connectivity index (χ2v) is 2.60. The fourth-order valence-electron chi connectivity index (χ4n) is 0.928. The number of nitrogens with two attached hydrogens (primary N) is 1. The van der Waals surface area contributed by atoms with Gasteiger partial charge in [0, 0.05) is 11.8 Å². The van der Waals surface area contributed by atoms with Crippen LogP contribution in [0.3, 0.4) is 0 Å². The lowest BCUT2D eigenvalue weighted by molar-refractivity contribution is -0.142. The predicted octanol–water partition coefficient (Wildman–Crippen LogP) is -0.542. The van der Waals surface area contributed by atoms with Gasteiger partial charge in [0.25, 0.3) is 5.56 Å². The predicted molar refractivity (Wildman–Crippen MR) is 49.6 cm³/mol. The van der Waals surface area contributed by atoms with E-state index in [4.69, 9.17) is 5.73 Å². The zero-order valence-electron chi connectivity index (χ0n) is 7.74. The van der Waals surface area contributed by atoms with Gasteiger partial charge in [-0.05, 0) is 6.92 Å². The Kier molecular flexibility index (Phi) is 3.22. The molecule has 1 rings (SSSR count). The van der Waals surface area contributed by atoms with Crippen molar-refractivity contribution in [1.29, 1.82) is 0 Å². The van der Waals surface area contributed by atoms with Gasteiger partial charge in [-0.2, -0.15) is 0 Å². The number of aromatic amines is 1. The highest BCUT2D eigenvalue weighted by Crippen LogP contribution is 1.94. The summed E-state index contributed by atoms with van der Waals surface area (Å²) in [5, 5.41) is 0. The first-order valence-corrected chi connectivity index (χ1v) is 4.12. The number of nitrogens with zero attached hydrogens (tertiary/aromatic N) is 1. The second kappa shape index (κ2) is 4.40. The molecule has 0 aromatic carbocycles. The lowest BCUT2D eigenvalue weighted by atomic mass is 10.2. The van der Waals surface area contributed by atoms with Crippen LogP contribution in [-0.4, -0.2) is 22.5 Å². The number of rotatable bonds is 3. The Labute approximate surface area is 80.1 Å². The highest BCUT2D eigenvalue weighted by Gasteiger charge is 2.07. The number of nitrogen functional groups attached to an aromatic ring is 1. The number of nitrogens with one attached hydrogen (secondary N) is 1. The van der Waals surface area contributed by atoms with Crippen LogP contribution in [0.1, 0.15) is 12.5 Å². The summed E-state index contributed by atoms with van der Waals surface area (Å²) in [6, 6.07) is 0. The number of esters is 1. The number of aromatic nitrogens is 2. The third-order valence-electron chi connectivity index (χ3n) is 1.53. The van der Waals surface area contributed by atoms with Crippen LogP contribution in [-0.2, 0) is 16.0 Å². The number of hydrogen-bond acceptors (Lipinski definition) is 5. The molecule has 0 aliphatic heterocycles. The van der Waals surface area contributed by atoms with E-state index < -0.39 is 11.5 Å². The van der Waals surface area contributed by atoms with Gasteiger partial charge in [-0.25, -0.2) is 4.98 Å². The summed E-state index contributed by atoms with van der Waals surface area (Å²) in [4.78, 5) is 28.2. The number of carbonyl (C=O) groups is 1. The molecule has 3 N–H and O–H groups in total. The molecule has 0 spiro atoms. The topological polar surface area (TPSA) is 98.1 Å². The molecule has 0 unspecified atom stereocenters. The van der Waals surface area contributed by atoms with Crippen molar-refractivity contribution in [2.45, 2.75) is 13.3 Å². The fourth-order valence-corrected chi connectivity index (χ4v) is 0.928. The maximum atomic E-state index is 11.2. The Morgan fingerprint density at radius 3 is 3.00 bits per heavy atom. The molecule has 1 aromatic rings. The van der Waals surface area contributed by atoms with E-state index in [-0.39, 0.29) is 17.9 Å². The minimum absolute atomic E-state index is 0.0302. The summed E-state index contributed by atoms with van der Waals surface area (Å²) in [6.07, 6.45) is 1.18. The number of H-pyrrole nitrogens is 1. The quantitative estimate of drug-likeness (QED) is 0.634. The van der Waals surface area contributed by atoms with Gasteiger partial charge in [0.15, 0.2) is 5.95 Å².